The summed E-state index contributed by atoms with van der Waals surface area (Å²) in [6.45, 7) is 3.98. The highest BCUT2D eigenvalue weighted by atomic mass is 32.2. The number of nitrogens with one attached hydrogen (secondary N) is 2. The van der Waals surface area contributed by atoms with Crippen LogP contribution in [0.1, 0.15) is 12.5 Å². The Kier molecular flexibility index (Phi) is 5.97. The quantitative estimate of drug-likeness (QED) is 0.715. The molecule has 0 saturated heterocycles. The molecule has 112 valence electrons. The Hall–Kier alpha value is -1.60. The number of amides is 1. The second-order valence-corrected chi connectivity index (χ2v) is 6.36. The van der Waals surface area contributed by atoms with Crippen molar-refractivity contribution in [3.8, 4) is 5.75 Å². The van der Waals surface area contributed by atoms with E-state index in [0.717, 1.165) is 11.8 Å². The number of benzene rings is 1. The Balaban J connectivity index is 2.34. The van der Waals surface area contributed by atoms with Crippen LogP contribution in [0.25, 0.3) is 0 Å². The number of sulfonamides is 1. The normalized spacial score (nSPS) is 12.8. The second kappa shape index (κ2) is 7.25. The van der Waals surface area contributed by atoms with Crippen molar-refractivity contribution in [3.63, 3.8) is 0 Å². The molecule has 0 aliphatic carbocycles. The molecule has 6 nitrogen and oxygen atoms in total. The maximum absolute atomic E-state index is 11.7. The van der Waals surface area contributed by atoms with Crippen molar-refractivity contribution in [1.82, 2.24) is 10.0 Å². The molecule has 0 radical (unpaired) electrons. The number of hydrogen-bond acceptors (Lipinski definition) is 4. The van der Waals surface area contributed by atoms with Crippen LogP contribution >= 0.6 is 0 Å². The second-order valence-electron chi connectivity index (χ2n) is 4.53. The van der Waals surface area contributed by atoms with E-state index in [-0.39, 0.29) is 19.0 Å². The minimum Gasteiger partial charge on any atom is -0.481 e. The molecule has 1 atom stereocenters. The molecule has 7 heteroatoms. The molecule has 1 amide bonds. The molecular formula is C13H20N2O4S. The van der Waals surface area contributed by atoms with Gasteiger partial charge in [-0.1, -0.05) is 17.7 Å². The van der Waals surface area contributed by atoms with Crippen LogP contribution in [0.5, 0.6) is 5.75 Å². The van der Waals surface area contributed by atoms with E-state index in [9.17, 15) is 13.2 Å². The van der Waals surface area contributed by atoms with Gasteiger partial charge in [-0.05, 0) is 26.0 Å². The van der Waals surface area contributed by atoms with Gasteiger partial charge in [0.2, 0.25) is 10.0 Å². The van der Waals surface area contributed by atoms with Gasteiger partial charge in [0.05, 0.1) is 6.26 Å². The topological polar surface area (TPSA) is 84.5 Å². The minimum atomic E-state index is -3.23. The van der Waals surface area contributed by atoms with Crippen LogP contribution < -0.4 is 14.8 Å². The summed E-state index contributed by atoms with van der Waals surface area (Å²) in [7, 11) is -3.23. The highest BCUT2D eigenvalue weighted by molar-refractivity contribution is 7.88. The summed E-state index contributed by atoms with van der Waals surface area (Å²) in [5.41, 5.74) is 1.11. The van der Waals surface area contributed by atoms with E-state index in [2.05, 4.69) is 10.0 Å². The third kappa shape index (κ3) is 6.53. The van der Waals surface area contributed by atoms with Crippen LogP contribution in [0.4, 0.5) is 0 Å². The summed E-state index contributed by atoms with van der Waals surface area (Å²) in [4.78, 5) is 11.7. The van der Waals surface area contributed by atoms with Gasteiger partial charge in [0, 0.05) is 13.1 Å². The predicted octanol–water partition coefficient (Wildman–Crippen LogP) is 0.428. The molecule has 0 heterocycles. The number of carbonyl (C=O) groups is 1. The Bertz CT molecular complexity index is 540. The Morgan fingerprint density at radius 1 is 1.25 bits per heavy atom. The van der Waals surface area contributed by atoms with Gasteiger partial charge >= 0.3 is 0 Å². The monoisotopic (exact) mass is 300 g/mol. The van der Waals surface area contributed by atoms with Crippen LogP contribution in [0.3, 0.4) is 0 Å². The molecule has 0 spiro atoms. The van der Waals surface area contributed by atoms with E-state index in [1.54, 1.807) is 19.1 Å². The summed E-state index contributed by atoms with van der Waals surface area (Å²) in [5.74, 6) is 0.327. The summed E-state index contributed by atoms with van der Waals surface area (Å²) < 4.78 is 29.4. The average molecular weight is 300 g/mol. The molecule has 20 heavy (non-hydrogen) atoms. The smallest absolute Gasteiger partial charge is 0.260 e. The molecule has 1 rings (SSSR count). The lowest BCUT2D eigenvalue weighted by molar-refractivity contribution is -0.127. The van der Waals surface area contributed by atoms with E-state index in [4.69, 9.17) is 4.74 Å². The van der Waals surface area contributed by atoms with Crippen LogP contribution in [0, 0.1) is 6.92 Å². The zero-order valence-corrected chi connectivity index (χ0v) is 12.7. The first-order chi connectivity index (χ1) is 9.28. The van der Waals surface area contributed by atoms with E-state index in [1.165, 1.54) is 0 Å². The standard InChI is InChI=1S/C13H20N2O4S/c1-10-4-6-12(7-5-10)19-11(2)13(16)14-8-9-15-20(3,17)18/h4-7,11,15H,8-9H2,1-3H3,(H,14,16)/t11-/m1/s1. The van der Waals surface area contributed by atoms with Gasteiger partial charge < -0.3 is 10.1 Å². The molecule has 2 N–H and O–H groups in total. The van der Waals surface area contributed by atoms with Crippen molar-refractivity contribution < 1.29 is 17.9 Å². The van der Waals surface area contributed by atoms with Crippen molar-refractivity contribution >= 4 is 15.9 Å². The van der Waals surface area contributed by atoms with Crippen LogP contribution in [-0.2, 0) is 14.8 Å². The summed E-state index contributed by atoms with van der Waals surface area (Å²) in [5, 5.41) is 2.60. The molecule has 1 aromatic rings. The Morgan fingerprint density at radius 3 is 2.40 bits per heavy atom. The number of rotatable bonds is 7. The number of ether oxygens (including phenoxy) is 1. The van der Waals surface area contributed by atoms with E-state index < -0.39 is 16.1 Å². The van der Waals surface area contributed by atoms with Crippen LogP contribution in [0.2, 0.25) is 0 Å². The lowest BCUT2D eigenvalue weighted by atomic mass is 10.2. The van der Waals surface area contributed by atoms with E-state index >= 15 is 0 Å². The van der Waals surface area contributed by atoms with Crippen molar-refractivity contribution in [2.75, 3.05) is 19.3 Å². The lowest BCUT2D eigenvalue weighted by Gasteiger charge is -2.14. The first kappa shape index (κ1) is 16.5. The number of hydrogen-bond donors (Lipinski definition) is 2. The number of carbonyl (C=O) groups excluding carboxylic acids is 1. The molecule has 0 bridgehead atoms. The molecule has 0 aliphatic rings. The van der Waals surface area contributed by atoms with E-state index in [0.29, 0.717) is 5.75 Å². The van der Waals surface area contributed by atoms with Crippen molar-refractivity contribution in [3.05, 3.63) is 29.8 Å². The minimum absolute atomic E-state index is 0.155. The fraction of sp³-hybridized carbons (Fsp3) is 0.462. The molecule has 0 saturated carbocycles. The molecule has 0 unspecified atom stereocenters. The zero-order valence-electron chi connectivity index (χ0n) is 11.8. The maximum atomic E-state index is 11.7. The third-order valence-corrected chi connectivity index (χ3v) is 3.22. The first-order valence-electron chi connectivity index (χ1n) is 6.23. The van der Waals surface area contributed by atoms with Crippen molar-refractivity contribution in [1.29, 1.82) is 0 Å². The SMILES string of the molecule is Cc1ccc(O[C@H](C)C(=O)NCCNS(C)(=O)=O)cc1. The molecule has 0 fully saturated rings. The fourth-order valence-electron chi connectivity index (χ4n) is 1.44. The predicted molar refractivity (Wildman–Crippen MR) is 77.1 cm³/mol. The molecule has 0 aliphatic heterocycles. The number of aryl methyl sites for hydroxylation is 1. The van der Waals surface area contributed by atoms with Crippen LogP contribution in [0.15, 0.2) is 24.3 Å². The first-order valence-corrected chi connectivity index (χ1v) is 8.13. The lowest BCUT2D eigenvalue weighted by Crippen LogP contribution is -2.40. The Labute approximate surface area is 119 Å². The van der Waals surface area contributed by atoms with Gasteiger partial charge in [-0.2, -0.15) is 0 Å². The largest absolute Gasteiger partial charge is 0.481 e. The van der Waals surface area contributed by atoms with E-state index in [1.807, 2.05) is 19.1 Å². The summed E-state index contributed by atoms with van der Waals surface area (Å²) in [6, 6.07) is 7.39. The highest BCUT2D eigenvalue weighted by Gasteiger charge is 2.14. The van der Waals surface area contributed by atoms with Gasteiger partial charge in [0.25, 0.3) is 5.91 Å². The van der Waals surface area contributed by atoms with Crippen molar-refractivity contribution in [2.24, 2.45) is 0 Å². The van der Waals surface area contributed by atoms with Crippen LogP contribution in [-0.4, -0.2) is 39.8 Å². The molecule has 1 aromatic carbocycles. The summed E-state index contributed by atoms with van der Waals surface area (Å²) in [6.07, 6.45) is 0.425. The summed E-state index contributed by atoms with van der Waals surface area (Å²) >= 11 is 0. The zero-order chi connectivity index (χ0) is 15.2. The van der Waals surface area contributed by atoms with Gasteiger partial charge in [-0.3, -0.25) is 4.79 Å². The average Bonchev–Trinajstić information content (AvgIpc) is 2.36. The Morgan fingerprint density at radius 2 is 1.85 bits per heavy atom. The third-order valence-electron chi connectivity index (χ3n) is 2.49. The van der Waals surface area contributed by atoms with Gasteiger partial charge in [0.1, 0.15) is 5.75 Å². The fourth-order valence-corrected chi connectivity index (χ4v) is 1.91. The van der Waals surface area contributed by atoms with Crippen molar-refractivity contribution in [2.45, 2.75) is 20.0 Å². The van der Waals surface area contributed by atoms with Gasteiger partial charge in [-0.25, -0.2) is 13.1 Å². The molecular weight excluding hydrogens is 280 g/mol. The maximum Gasteiger partial charge on any atom is 0.260 e. The van der Waals surface area contributed by atoms with Gasteiger partial charge in [0.15, 0.2) is 6.10 Å². The van der Waals surface area contributed by atoms with Gasteiger partial charge in [-0.15, -0.1) is 0 Å². The molecule has 0 aromatic heterocycles. The highest BCUT2D eigenvalue weighted by Crippen LogP contribution is 2.13.